The molecule has 1 aliphatic carbocycles. The molecule has 1 aliphatic rings. The zero-order valence-corrected chi connectivity index (χ0v) is 12.3. The highest BCUT2D eigenvalue weighted by atomic mass is 15.1. The molecule has 2 aromatic heterocycles. The number of hydrogen-bond donors (Lipinski definition) is 2. The van der Waals surface area contributed by atoms with E-state index in [1.54, 1.807) is 0 Å². The van der Waals surface area contributed by atoms with Crippen LogP contribution in [0.25, 0.3) is 0 Å². The minimum Gasteiger partial charge on any atom is -0.366 e. The van der Waals surface area contributed by atoms with Crippen LogP contribution in [0.4, 0.5) is 5.82 Å². The molecule has 1 saturated carbocycles. The Morgan fingerprint density at radius 3 is 2.65 bits per heavy atom. The van der Waals surface area contributed by atoms with Gasteiger partial charge >= 0.3 is 0 Å². The standard InChI is InChI=1S/C15H21N5/c1-9-7-14(18-15(17-9)12-5-4-6-12)16-8-13-10(2)19-20-11(13)3/h7,12H,4-6,8H2,1-3H3,(H,19,20)(H,16,17,18). The van der Waals surface area contributed by atoms with Crippen molar-refractivity contribution in [3.05, 3.63) is 34.5 Å². The first kappa shape index (κ1) is 13.1. The summed E-state index contributed by atoms with van der Waals surface area (Å²) in [6, 6.07) is 2.01. The summed E-state index contributed by atoms with van der Waals surface area (Å²) in [6.45, 7) is 6.84. The van der Waals surface area contributed by atoms with Crippen LogP contribution in [0.2, 0.25) is 0 Å². The quantitative estimate of drug-likeness (QED) is 0.897. The van der Waals surface area contributed by atoms with Gasteiger partial charge in [0, 0.05) is 35.5 Å². The second-order valence-electron chi connectivity index (χ2n) is 5.65. The van der Waals surface area contributed by atoms with E-state index in [1.807, 2.05) is 26.8 Å². The average molecular weight is 271 g/mol. The Bertz CT molecular complexity index is 593. The van der Waals surface area contributed by atoms with Crippen molar-refractivity contribution in [1.82, 2.24) is 20.2 Å². The molecule has 2 heterocycles. The van der Waals surface area contributed by atoms with Crippen LogP contribution in [0.5, 0.6) is 0 Å². The van der Waals surface area contributed by atoms with Crippen molar-refractivity contribution >= 4 is 5.82 Å². The van der Waals surface area contributed by atoms with Gasteiger partial charge in [0.1, 0.15) is 11.6 Å². The molecule has 2 aromatic rings. The lowest BCUT2D eigenvalue weighted by molar-refractivity contribution is 0.401. The van der Waals surface area contributed by atoms with Crippen LogP contribution < -0.4 is 5.32 Å². The van der Waals surface area contributed by atoms with Crippen LogP contribution in [-0.4, -0.2) is 20.2 Å². The number of anilines is 1. The molecule has 0 spiro atoms. The lowest BCUT2D eigenvalue weighted by Crippen LogP contribution is -2.14. The molecule has 2 N–H and O–H groups in total. The number of nitrogens with zero attached hydrogens (tertiary/aromatic N) is 3. The van der Waals surface area contributed by atoms with Crippen molar-refractivity contribution in [2.75, 3.05) is 5.32 Å². The van der Waals surface area contributed by atoms with Gasteiger partial charge in [-0.15, -0.1) is 0 Å². The van der Waals surface area contributed by atoms with Gasteiger partial charge in [-0.2, -0.15) is 5.10 Å². The van der Waals surface area contributed by atoms with Crippen molar-refractivity contribution in [2.45, 2.75) is 52.5 Å². The highest BCUT2D eigenvalue weighted by Crippen LogP contribution is 2.34. The summed E-state index contributed by atoms with van der Waals surface area (Å²) in [5.41, 5.74) is 4.40. The molecule has 0 amide bonds. The van der Waals surface area contributed by atoms with Gasteiger partial charge in [0.2, 0.25) is 0 Å². The maximum absolute atomic E-state index is 4.66. The largest absolute Gasteiger partial charge is 0.366 e. The molecular weight excluding hydrogens is 250 g/mol. The first-order valence-corrected chi connectivity index (χ1v) is 7.23. The topological polar surface area (TPSA) is 66.5 Å². The van der Waals surface area contributed by atoms with Gasteiger partial charge in [0.15, 0.2) is 0 Å². The number of aromatic amines is 1. The van der Waals surface area contributed by atoms with E-state index in [-0.39, 0.29) is 0 Å². The van der Waals surface area contributed by atoms with Crippen molar-refractivity contribution in [2.24, 2.45) is 0 Å². The van der Waals surface area contributed by atoms with Crippen molar-refractivity contribution in [3.63, 3.8) is 0 Å². The van der Waals surface area contributed by atoms with Crippen LogP contribution in [0.3, 0.4) is 0 Å². The van der Waals surface area contributed by atoms with E-state index in [4.69, 9.17) is 0 Å². The summed E-state index contributed by atoms with van der Waals surface area (Å²) in [7, 11) is 0. The van der Waals surface area contributed by atoms with E-state index in [0.29, 0.717) is 5.92 Å². The number of H-pyrrole nitrogens is 1. The Kier molecular flexibility index (Phi) is 3.42. The van der Waals surface area contributed by atoms with Crippen LogP contribution in [0.15, 0.2) is 6.07 Å². The number of hydrogen-bond acceptors (Lipinski definition) is 4. The van der Waals surface area contributed by atoms with E-state index in [1.165, 1.54) is 24.8 Å². The van der Waals surface area contributed by atoms with Gasteiger partial charge in [0.25, 0.3) is 0 Å². The van der Waals surface area contributed by atoms with E-state index >= 15 is 0 Å². The first-order chi connectivity index (χ1) is 9.63. The van der Waals surface area contributed by atoms with E-state index in [2.05, 4.69) is 25.5 Å². The van der Waals surface area contributed by atoms with Gasteiger partial charge in [-0.25, -0.2) is 9.97 Å². The summed E-state index contributed by atoms with van der Waals surface area (Å²) in [5.74, 6) is 2.48. The third kappa shape index (κ3) is 2.53. The van der Waals surface area contributed by atoms with Crippen molar-refractivity contribution in [3.8, 4) is 0 Å². The van der Waals surface area contributed by atoms with Crippen LogP contribution in [-0.2, 0) is 6.54 Å². The van der Waals surface area contributed by atoms with Crippen molar-refractivity contribution in [1.29, 1.82) is 0 Å². The maximum Gasteiger partial charge on any atom is 0.134 e. The molecule has 20 heavy (non-hydrogen) atoms. The van der Waals surface area contributed by atoms with Crippen LogP contribution in [0.1, 0.15) is 53.7 Å². The fourth-order valence-corrected chi connectivity index (χ4v) is 2.54. The van der Waals surface area contributed by atoms with Crippen LogP contribution in [0, 0.1) is 20.8 Å². The molecule has 0 unspecified atom stereocenters. The summed E-state index contributed by atoms with van der Waals surface area (Å²) < 4.78 is 0. The molecule has 0 saturated heterocycles. The van der Waals surface area contributed by atoms with Gasteiger partial charge in [-0.3, -0.25) is 5.10 Å². The molecule has 5 nitrogen and oxygen atoms in total. The molecule has 0 aliphatic heterocycles. The summed E-state index contributed by atoms with van der Waals surface area (Å²) >= 11 is 0. The SMILES string of the molecule is Cc1cc(NCc2c(C)n[nH]c2C)nc(C2CCC2)n1. The predicted molar refractivity (Wildman–Crippen MR) is 78.7 cm³/mol. The number of nitrogens with one attached hydrogen (secondary N) is 2. The lowest BCUT2D eigenvalue weighted by Gasteiger charge is -2.24. The smallest absolute Gasteiger partial charge is 0.134 e. The summed E-state index contributed by atoms with van der Waals surface area (Å²) in [4.78, 5) is 9.23. The highest BCUT2D eigenvalue weighted by Gasteiger charge is 2.22. The Balaban J connectivity index is 1.75. The second kappa shape index (κ2) is 5.23. The van der Waals surface area contributed by atoms with Crippen molar-refractivity contribution < 1.29 is 0 Å². The molecule has 0 radical (unpaired) electrons. The number of aromatic nitrogens is 4. The minimum absolute atomic E-state index is 0.563. The highest BCUT2D eigenvalue weighted by molar-refractivity contribution is 5.38. The monoisotopic (exact) mass is 271 g/mol. The van der Waals surface area contributed by atoms with Gasteiger partial charge in [0.05, 0.1) is 5.69 Å². The maximum atomic E-state index is 4.66. The minimum atomic E-state index is 0.563. The predicted octanol–water partition coefficient (Wildman–Crippen LogP) is 3.00. The molecule has 0 aromatic carbocycles. The second-order valence-corrected chi connectivity index (χ2v) is 5.65. The third-order valence-electron chi connectivity index (χ3n) is 4.07. The van der Waals surface area contributed by atoms with Gasteiger partial charge in [-0.1, -0.05) is 6.42 Å². The van der Waals surface area contributed by atoms with E-state index < -0.39 is 0 Å². The third-order valence-corrected chi connectivity index (χ3v) is 4.07. The summed E-state index contributed by atoms with van der Waals surface area (Å²) in [5, 5.41) is 10.6. The fraction of sp³-hybridized carbons (Fsp3) is 0.533. The first-order valence-electron chi connectivity index (χ1n) is 7.23. The lowest BCUT2D eigenvalue weighted by atomic mass is 9.85. The van der Waals surface area contributed by atoms with Gasteiger partial charge < -0.3 is 5.32 Å². The molecular formula is C15H21N5. The van der Waals surface area contributed by atoms with E-state index in [9.17, 15) is 0 Å². The van der Waals surface area contributed by atoms with Crippen LogP contribution >= 0.6 is 0 Å². The van der Waals surface area contributed by atoms with E-state index in [0.717, 1.165) is 35.3 Å². The fourth-order valence-electron chi connectivity index (χ4n) is 2.54. The molecule has 1 fully saturated rings. The normalized spacial score (nSPS) is 15.2. The molecule has 106 valence electrons. The Hall–Kier alpha value is -1.91. The summed E-state index contributed by atoms with van der Waals surface area (Å²) in [6.07, 6.45) is 3.75. The molecule has 5 heteroatoms. The Morgan fingerprint density at radius 2 is 2.05 bits per heavy atom. The zero-order valence-electron chi connectivity index (χ0n) is 12.3. The zero-order chi connectivity index (χ0) is 14.1. The average Bonchev–Trinajstić information content (AvgIpc) is 2.64. The van der Waals surface area contributed by atoms with Gasteiger partial charge in [-0.05, 0) is 33.6 Å². The Labute approximate surface area is 119 Å². The molecule has 3 rings (SSSR count). The number of aryl methyl sites for hydroxylation is 3. The number of rotatable bonds is 4. The molecule has 0 atom stereocenters. The Morgan fingerprint density at radius 1 is 1.25 bits per heavy atom. The molecule has 0 bridgehead atoms.